The molecule has 24 heavy (non-hydrogen) atoms. The summed E-state index contributed by atoms with van der Waals surface area (Å²) in [6, 6.07) is 13.1. The molecule has 5 nitrogen and oxygen atoms in total. The number of hydrogen-bond acceptors (Lipinski definition) is 4. The van der Waals surface area contributed by atoms with Gasteiger partial charge in [0.2, 0.25) is 10.0 Å². The fourth-order valence-corrected chi connectivity index (χ4v) is 4.90. The van der Waals surface area contributed by atoms with Gasteiger partial charge in [0, 0.05) is 19.8 Å². The predicted octanol–water partition coefficient (Wildman–Crippen LogP) is 3.32. The van der Waals surface area contributed by atoms with Crippen LogP contribution in [0.2, 0.25) is 4.34 Å². The highest BCUT2D eigenvalue weighted by Crippen LogP contribution is 2.25. The second-order valence-corrected chi connectivity index (χ2v) is 8.95. The first-order valence-corrected chi connectivity index (χ1v) is 9.96. The van der Waals surface area contributed by atoms with Crippen LogP contribution in [0.15, 0.2) is 52.9 Å². The molecule has 1 N–H and O–H groups in total. The SMILES string of the molecule is Cn1nccc1-c1ccc(CCNS(=O)(=O)c2ccc(Cl)s2)cc1. The van der Waals surface area contributed by atoms with Gasteiger partial charge in [-0.3, -0.25) is 4.68 Å². The van der Waals surface area contributed by atoms with Crippen LogP contribution in [0, 0.1) is 0 Å². The topological polar surface area (TPSA) is 64.0 Å². The van der Waals surface area contributed by atoms with Crippen molar-refractivity contribution in [2.75, 3.05) is 6.54 Å². The van der Waals surface area contributed by atoms with Crippen LogP contribution in [0.5, 0.6) is 0 Å². The van der Waals surface area contributed by atoms with Gasteiger partial charge in [-0.15, -0.1) is 11.3 Å². The van der Waals surface area contributed by atoms with Gasteiger partial charge in [0.05, 0.1) is 10.0 Å². The summed E-state index contributed by atoms with van der Waals surface area (Å²) in [6.45, 7) is 0.336. The Kier molecular flexibility index (Phi) is 5.05. The molecule has 3 rings (SSSR count). The standard InChI is InChI=1S/C16H16ClN3O2S2/c1-20-14(9-10-18-20)13-4-2-12(3-5-13)8-11-19-24(21,22)16-7-6-15(17)23-16/h2-7,9-10,19H,8,11H2,1H3. The molecule has 0 radical (unpaired) electrons. The number of nitrogens with one attached hydrogen (secondary N) is 1. The molecule has 126 valence electrons. The molecule has 0 atom stereocenters. The maximum atomic E-state index is 12.1. The van der Waals surface area contributed by atoms with Crippen LogP contribution >= 0.6 is 22.9 Å². The number of benzene rings is 1. The van der Waals surface area contributed by atoms with Crippen LogP contribution in [0.4, 0.5) is 0 Å². The van der Waals surface area contributed by atoms with Crippen molar-refractivity contribution in [1.82, 2.24) is 14.5 Å². The molecule has 0 aliphatic rings. The number of thiophene rings is 1. The van der Waals surface area contributed by atoms with E-state index in [1.165, 1.54) is 6.07 Å². The highest BCUT2D eigenvalue weighted by molar-refractivity contribution is 7.91. The Morgan fingerprint density at radius 2 is 1.92 bits per heavy atom. The largest absolute Gasteiger partial charge is 0.268 e. The molecule has 0 bridgehead atoms. The highest BCUT2D eigenvalue weighted by atomic mass is 35.5. The van der Waals surface area contributed by atoms with Gasteiger partial charge < -0.3 is 0 Å². The van der Waals surface area contributed by atoms with Gasteiger partial charge in [0.15, 0.2) is 0 Å². The minimum Gasteiger partial charge on any atom is -0.268 e. The maximum absolute atomic E-state index is 12.1. The van der Waals surface area contributed by atoms with E-state index in [1.54, 1.807) is 12.3 Å². The minimum atomic E-state index is -3.49. The predicted molar refractivity (Wildman–Crippen MR) is 96.9 cm³/mol. The van der Waals surface area contributed by atoms with Crippen molar-refractivity contribution in [2.45, 2.75) is 10.6 Å². The summed E-state index contributed by atoms with van der Waals surface area (Å²) < 4.78 is 29.3. The van der Waals surface area contributed by atoms with E-state index in [2.05, 4.69) is 9.82 Å². The summed E-state index contributed by atoms with van der Waals surface area (Å²) in [5.41, 5.74) is 3.18. The lowest BCUT2D eigenvalue weighted by molar-refractivity contribution is 0.584. The Morgan fingerprint density at radius 3 is 2.50 bits per heavy atom. The number of nitrogens with zero attached hydrogens (tertiary/aromatic N) is 2. The third-order valence-electron chi connectivity index (χ3n) is 3.59. The number of halogens is 1. The highest BCUT2D eigenvalue weighted by Gasteiger charge is 2.15. The average Bonchev–Trinajstić information content (AvgIpc) is 3.17. The lowest BCUT2D eigenvalue weighted by Gasteiger charge is -2.06. The average molecular weight is 382 g/mol. The smallest absolute Gasteiger partial charge is 0.250 e. The molecule has 0 aliphatic carbocycles. The van der Waals surface area contributed by atoms with Crippen LogP contribution in [0.25, 0.3) is 11.3 Å². The molecule has 0 fully saturated rings. The molecule has 2 heterocycles. The van der Waals surface area contributed by atoms with Crippen molar-refractivity contribution in [3.63, 3.8) is 0 Å². The van der Waals surface area contributed by atoms with Gasteiger partial charge in [0.25, 0.3) is 0 Å². The van der Waals surface area contributed by atoms with Crippen molar-refractivity contribution in [2.24, 2.45) is 7.05 Å². The van der Waals surface area contributed by atoms with Gasteiger partial charge in [-0.05, 0) is 35.7 Å². The molecule has 0 spiro atoms. The zero-order chi connectivity index (χ0) is 17.2. The van der Waals surface area contributed by atoms with Crippen molar-refractivity contribution in [1.29, 1.82) is 0 Å². The van der Waals surface area contributed by atoms with E-state index in [0.29, 0.717) is 17.3 Å². The molecule has 8 heteroatoms. The van der Waals surface area contributed by atoms with E-state index >= 15 is 0 Å². The fourth-order valence-electron chi connectivity index (χ4n) is 2.34. The fraction of sp³-hybridized carbons (Fsp3) is 0.188. The monoisotopic (exact) mass is 381 g/mol. The summed E-state index contributed by atoms with van der Waals surface area (Å²) >= 11 is 6.83. The first kappa shape index (κ1) is 17.2. The number of hydrogen-bond donors (Lipinski definition) is 1. The summed E-state index contributed by atoms with van der Waals surface area (Å²) in [7, 11) is -1.59. The van der Waals surface area contributed by atoms with E-state index in [-0.39, 0.29) is 4.21 Å². The van der Waals surface area contributed by atoms with E-state index < -0.39 is 10.0 Å². The van der Waals surface area contributed by atoms with E-state index in [9.17, 15) is 8.42 Å². The first-order valence-electron chi connectivity index (χ1n) is 7.28. The van der Waals surface area contributed by atoms with Gasteiger partial charge in [-0.2, -0.15) is 5.10 Å². The molecule has 0 unspecified atom stereocenters. The molecular weight excluding hydrogens is 366 g/mol. The number of aromatic nitrogens is 2. The quantitative estimate of drug-likeness (QED) is 0.712. The Bertz CT molecular complexity index is 930. The Morgan fingerprint density at radius 1 is 1.17 bits per heavy atom. The number of sulfonamides is 1. The summed E-state index contributed by atoms with van der Waals surface area (Å²) in [6.07, 6.45) is 2.37. The van der Waals surface area contributed by atoms with Crippen LogP contribution in [0.1, 0.15) is 5.56 Å². The lowest BCUT2D eigenvalue weighted by Crippen LogP contribution is -2.25. The van der Waals surface area contributed by atoms with Crippen molar-refractivity contribution in [3.8, 4) is 11.3 Å². The zero-order valence-corrected chi connectivity index (χ0v) is 15.3. The molecular formula is C16H16ClN3O2S2. The van der Waals surface area contributed by atoms with Crippen molar-refractivity contribution < 1.29 is 8.42 Å². The third-order valence-corrected chi connectivity index (χ3v) is 6.77. The van der Waals surface area contributed by atoms with Crippen LogP contribution < -0.4 is 4.72 Å². The molecule has 0 saturated carbocycles. The van der Waals surface area contributed by atoms with Crippen LogP contribution in [0.3, 0.4) is 0 Å². The van der Waals surface area contributed by atoms with Crippen LogP contribution in [-0.4, -0.2) is 24.7 Å². The Hall–Kier alpha value is -1.67. The molecule has 3 aromatic rings. The zero-order valence-electron chi connectivity index (χ0n) is 12.9. The third kappa shape index (κ3) is 3.87. The molecule has 0 amide bonds. The molecule has 2 aromatic heterocycles. The maximum Gasteiger partial charge on any atom is 0.250 e. The van der Waals surface area contributed by atoms with Crippen molar-refractivity contribution >= 4 is 33.0 Å². The van der Waals surface area contributed by atoms with Crippen LogP contribution in [-0.2, 0) is 23.5 Å². The summed E-state index contributed by atoms with van der Waals surface area (Å²) in [4.78, 5) is 0. The van der Waals surface area contributed by atoms with Gasteiger partial charge in [-0.1, -0.05) is 35.9 Å². The molecule has 1 aromatic carbocycles. The Labute approximate surface area is 150 Å². The Balaban J connectivity index is 1.60. The second-order valence-electron chi connectivity index (χ2n) is 5.24. The molecule has 0 aliphatic heterocycles. The van der Waals surface area contributed by atoms with E-state index in [4.69, 9.17) is 11.6 Å². The summed E-state index contributed by atoms with van der Waals surface area (Å²) in [5.74, 6) is 0. The normalized spacial score (nSPS) is 11.8. The minimum absolute atomic E-state index is 0.235. The summed E-state index contributed by atoms with van der Waals surface area (Å²) in [5, 5.41) is 4.15. The number of rotatable bonds is 6. The van der Waals surface area contributed by atoms with Gasteiger partial charge in [0.1, 0.15) is 4.21 Å². The van der Waals surface area contributed by atoms with E-state index in [0.717, 1.165) is 28.2 Å². The lowest BCUT2D eigenvalue weighted by atomic mass is 10.1. The molecule has 0 saturated heterocycles. The van der Waals surface area contributed by atoms with Crippen molar-refractivity contribution in [3.05, 3.63) is 58.6 Å². The number of aryl methyl sites for hydroxylation is 1. The van der Waals surface area contributed by atoms with E-state index in [1.807, 2.05) is 42.1 Å². The van der Waals surface area contributed by atoms with Gasteiger partial charge in [-0.25, -0.2) is 13.1 Å². The first-order chi connectivity index (χ1) is 11.5. The van der Waals surface area contributed by atoms with Gasteiger partial charge >= 0.3 is 0 Å². The second kappa shape index (κ2) is 7.06.